The minimum atomic E-state index is -0.875. The van der Waals surface area contributed by atoms with E-state index in [1.54, 1.807) is 24.8 Å². The second-order valence-corrected chi connectivity index (χ2v) is 13.0. The molecule has 4 amide bonds. The number of nitrogens with one attached hydrogen (secondary N) is 2. The molecule has 1 aromatic carbocycles. The molecule has 0 spiro atoms. The maximum Gasteiger partial charge on any atom is 0.247 e. The molecular formula is C34H46FN5O6. The maximum atomic E-state index is 15.7. The third kappa shape index (κ3) is 7.28. The van der Waals surface area contributed by atoms with Crippen molar-refractivity contribution in [2.24, 2.45) is 11.8 Å². The van der Waals surface area contributed by atoms with Crippen LogP contribution in [0.25, 0.3) is 0 Å². The van der Waals surface area contributed by atoms with E-state index >= 15 is 4.39 Å². The van der Waals surface area contributed by atoms with Crippen molar-refractivity contribution in [1.82, 2.24) is 15.1 Å². The van der Waals surface area contributed by atoms with Crippen molar-refractivity contribution in [3.05, 3.63) is 47.2 Å². The second kappa shape index (κ2) is 14.8. The molecule has 3 aliphatic rings. The molecule has 0 unspecified atom stereocenters. The van der Waals surface area contributed by atoms with E-state index in [4.69, 9.17) is 9.15 Å². The fourth-order valence-corrected chi connectivity index (χ4v) is 6.81. The van der Waals surface area contributed by atoms with Crippen LogP contribution in [0.3, 0.4) is 0 Å². The van der Waals surface area contributed by atoms with Gasteiger partial charge in [-0.2, -0.15) is 0 Å². The van der Waals surface area contributed by atoms with Gasteiger partial charge in [0.05, 0.1) is 18.0 Å². The van der Waals surface area contributed by atoms with Gasteiger partial charge < -0.3 is 29.6 Å². The van der Waals surface area contributed by atoms with Gasteiger partial charge in [0.15, 0.2) is 0 Å². The van der Waals surface area contributed by atoms with Gasteiger partial charge >= 0.3 is 0 Å². The summed E-state index contributed by atoms with van der Waals surface area (Å²) in [5.41, 5.74) is 1.73. The lowest BCUT2D eigenvalue weighted by molar-refractivity contribution is -0.138. The number of furan rings is 1. The van der Waals surface area contributed by atoms with Crippen LogP contribution >= 0.6 is 0 Å². The number of halogens is 1. The van der Waals surface area contributed by atoms with Crippen molar-refractivity contribution in [3.8, 4) is 0 Å². The van der Waals surface area contributed by atoms with Gasteiger partial charge in [-0.3, -0.25) is 24.1 Å². The number of rotatable bonds is 11. The summed E-state index contributed by atoms with van der Waals surface area (Å²) in [5, 5.41) is 5.61. The van der Waals surface area contributed by atoms with Crippen molar-refractivity contribution in [2.75, 3.05) is 43.4 Å². The average Bonchev–Trinajstić information content (AvgIpc) is 3.68. The Hall–Kier alpha value is -3.77. The van der Waals surface area contributed by atoms with E-state index in [2.05, 4.69) is 22.5 Å². The van der Waals surface area contributed by atoms with E-state index < -0.39 is 29.7 Å². The minimum absolute atomic E-state index is 0.0266. The SMILES string of the molecule is CCC(=O)N[C@@H](C(=O)N1CCN(C)CC1)[C@@H](C)c1ccc(NC(=O)[C@H](C2CCC(C)CC2)N(C=O)c2coc3c2COC3)c(F)c1. The molecule has 0 radical (unpaired) electrons. The van der Waals surface area contributed by atoms with E-state index in [-0.39, 0.29) is 36.4 Å². The average molecular weight is 640 g/mol. The van der Waals surface area contributed by atoms with E-state index in [1.165, 1.54) is 23.3 Å². The first-order valence-electron chi connectivity index (χ1n) is 16.4. The molecule has 11 nitrogen and oxygen atoms in total. The van der Waals surface area contributed by atoms with E-state index in [0.717, 1.165) is 44.3 Å². The third-order valence-corrected chi connectivity index (χ3v) is 9.90. The highest BCUT2D eigenvalue weighted by Gasteiger charge is 2.39. The monoisotopic (exact) mass is 639 g/mol. The van der Waals surface area contributed by atoms with Crippen molar-refractivity contribution in [2.45, 2.75) is 84.1 Å². The number of anilines is 2. The standard InChI is InChI=1S/C34H46FN5O6/c1-5-30(42)37-31(34(44)39-14-12-38(4)13-15-39)22(3)24-10-11-27(26(35)16-24)36-33(43)32(23-8-6-21(2)7-9-23)40(20-41)28-18-46-29-19-45-17-25(28)29/h10-11,16,18,20-23,31-32H,5-9,12-15,17,19H2,1-4H3,(H,36,43)(H,37,42)/t21?,22-,23?,31+,32-/m0/s1. The van der Waals surface area contributed by atoms with Crippen LogP contribution < -0.4 is 15.5 Å². The van der Waals surface area contributed by atoms with E-state index in [1.807, 2.05) is 7.05 Å². The highest BCUT2D eigenvalue weighted by atomic mass is 19.1. The first-order valence-corrected chi connectivity index (χ1v) is 16.4. The number of likely N-dealkylation sites (N-methyl/N-ethyl adjacent to an activating group) is 1. The Kier molecular flexibility index (Phi) is 10.8. The van der Waals surface area contributed by atoms with Crippen molar-refractivity contribution in [1.29, 1.82) is 0 Å². The van der Waals surface area contributed by atoms with Gasteiger partial charge in [0.1, 0.15) is 36.5 Å². The summed E-state index contributed by atoms with van der Waals surface area (Å²) in [6.45, 7) is 8.84. The number of ether oxygens (including phenoxy) is 1. The second-order valence-electron chi connectivity index (χ2n) is 13.0. The Balaban J connectivity index is 1.37. The molecule has 2 N–H and O–H groups in total. The Labute approximate surface area is 269 Å². The number of fused-ring (bicyclic) bond motifs is 1. The van der Waals surface area contributed by atoms with Crippen LogP contribution in [-0.4, -0.2) is 79.2 Å². The van der Waals surface area contributed by atoms with Crippen molar-refractivity contribution in [3.63, 3.8) is 0 Å². The van der Waals surface area contributed by atoms with Crippen LogP contribution in [0.5, 0.6) is 0 Å². The maximum absolute atomic E-state index is 15.7. The molecule has 12 heteroatoms. The molecule has 1 saturated carbocycles. The number of carbonyl (C=O) groups is 4. The molecule has 2 fully saturated rings. The summed E-state index contributed by atoms with van der Waals surface area (Å²) >= 11 is 0. The summed E-state index contributed by atoms with van der Waals surface area (Å²) in [6.07, 6.45) is 5.72. The zero-order valence-electron chi connectivity index (χ0n) is 27.2. The molecule has 1 aliphatic carbocycles. The fourth-order valence-electron chi connectivity index (χ4n) is 6.81. The van der Waals surface area contributed by atoms with Crippen LogP contribution in [0.4, 0.5) is 15.8 Å². The van der Waals surface area contributed by atoms with Gasteiger partial charge in [0.25, 0.3) is 0 Å². The summed E-state index contributed by atoms with van der Waals surface area (Å²) in [4.78, 5) is 57.8. The highest BCUT2D eigenvalue weighted by molar-refractivity contribution is 6.01. The lowest BCUT2D eigenvalue weighted by Crippen LogP contribution is -2.55. The summed E-state index contributed by atoms with van der Waals surface area (Å²) in [7, 11) is 2.00. The van der Waals surface area contributed by atoms with Crippen molar-refractivity contribution >= 4 is 35.5 Å². The van der Waals surface area contributed by atoms with Crippen LogP contribution in [0, 0.1) is 17.7 Å². The van der Waals surface area contributed by atoms with Gasteiger partial charge in [-0.1, -0.05) is 39.7 Å². The summed E-state index contributed by atoms with van der Waals surface area (Å²) in [5.74, 6) is -1.12. The van der Waals surface area contributed by atoms with Crippen LogP contribution in [0.1, 0.15) is 75.7 Å². The smallest absolute Gasteiger partial charge is 0.247 e. The zero-order valence-corrected chi connectivity index (χ0v) is 27.2. The lowest BCUT2D eigenvalue weighted by atomic mass is 9.78. The normalized spacial score (nSPS) is 22.0. The molecular weight excluding hydrogens is 593 g/mol. The van der Waals surface area contributed by atoms with Gasteiger partial charge in [0.2, 0.25) is 24.1 Å². The molecule has 0 bridgehead atoms. The lowest BCUT2D eigenvalue weighted by Gasteiger charge is -2.37. The number of carbonyl (C=O) groups excluding carboxylic acids is 4. The molecule has 2 aromatic rings. The van der Waals surface area contributed by atoms with Crippen LogP contribution in [0.15, 0.2) is 28.9 Å². The molecule has 3 heterocycles. The van der Waals surface area contributed by atoms with Crippen LogP contribution in [-0.2, 0) is 37.1 Å². The van der Waals surface area contributed by atoms with Crippen molar-refractivity contribution < 1.29 is 32.7 Å². The molecule has 250 valence electrons. The number of piperazine rings is 1. The number of amides is 4. The number of benzene rings is 1. The fraction of sp³-hybridized carbons (Fsp3) is 0.588. The quantitative estimate of drug-likeness (QED) is 0.356. The number of nitrogens with zero attached hydrogens (tertiary/aromatic N) is 3. The van der Waals surface area contributed by atoms with Gasteiger partial charge in [-0.05, 0) is 49.4 Å². The Morgan fingerprint density at radius 3 is 2.48 bits per heavy atom. The predicted octanol–water partition coefficient (Wildman–Crippen LogP) is 4.02. The van der Waals surface area contributed by atoms with E-state index in [0.29, 0.717) is 49.0 Å². The summed E-state index contributed by atoms with van der Waals surface area (Å²) in [6, 6.07) is 2.71. The Morgan fingerprint density at radius 1 is 1.11 bits per heavy atom. The topological polar surface area (TPSA) is 124 Å². The first kappa shape index (κ1) is 33.6. The molecule has 1 aromatic heterocycles. The Morgan fingerprint density at radius 2 is 1.83 bits per heavy atom. The van der Waals surface area contributed by atoms with E-state index in [9.17, 15) is 19.2 Å². The predicted molar refractivity (Wildman–Crippen MR) is 170 cm³/mol. The summed E-state index contributed by atoms with van der Waals surface area (Å²) < 4.78 is 26.9. The number of hydrogen-bond acceptors (Lipinski definition) is 7. The van der Waals surface area contributed by atoms with Gasteiger partial charge in [-0.15, -0.1) is 0 Å². The molecule has 2 aliphatic heterocycles. The van der Waals surface area contributed by atoms with Gasteiger partial charge in [-0.25, -0.2) is 4.39 Å². The molecule has 1 saturated heterocycles. The van der Waals surface area contributed by atoms with Gasteiger partial charge in [0, 0.05) is 44.1 Å². The molecule has 46 heavy (non-hydrogen) atoms. The Bertz CT molecular complexity index is 1410. The highest BCUT2D eigenvalue weighted by Crippen LogP contribution is 2.38. The largest absolute Gasteiger partial charge is 0.464 e. The zero-order chi connectivity index (χ0) is 33.0. The minimum Gasteiger partial charge on any atom is -0.464 e. The molecule has 3 atom stereocenters. The third-order valence-electron chi connectivity index (χ3n) is 9.90. The molecule has 5 rings (SSSR count). The van der Waals surface area contributed by atoms with Crippen LogP contribution in [0.2, 0.25) is 0 Å². The number of hydrogen-bond donors (Lipinski definition) is 2. The first-order chi connectivity index (χ1) is 22.1.